The maximum Gasteiger partial charge on any atom is 0.109 e. The van der Waals surface area contributed by atoms with Crippen LogP contribution in [0, 0.1) is 20.8 Å². The highest BCUT2D eigenvalue weighted by Gasteiger charge is 2.16. The third-order valence-electron chi connectivity index (χ3n) is 3.66. The molecule has 3 heterocycles. The molecule has 0 aliphatic rings. The van der Waals surface area contributed by atoms with Crippen LogP contribution in [0.25, 0.3) is 26.1 Å². The first-order valence-corrected chi connectivity index (χ1v) is 8.35. The molecule has 0 unspecified atom stereocenters. The van der Waals surface area contributed by atoms with Crippen molar-refractivity contribution in [1.82, 2.24) is 4.57 Å². The van der Waals surface area contributed by atoms with Crippen molar-refractivity contribution in [2.75, 3.05) is 0 Å². The van der Waals surface area contributed by atoms with E-state index >= 15 is 0 Å². The van der Waals surface area contributed by atoms with Gasteiger partial charge in [0.05, 0.1) is 0 Å². The van der Waals surface area contributed by atoms with Gasteiger partial charge in [0.2, 0.25) is 0 Å². The van der Waals surface area contributed by atoms with E-state index in [1.165, 1.54) is 41.4 Å². The number of benzene rings is 1. The summed E-state index contributed by atoms with van der Waals surface area (Å²) in [5, 5.41) is 2.79. The molecule has 0 N–H and O–H groups in total. The Bertz CT molecular complexity index is 866. The van der Waals surface area contributed by atoms with Gasteiger partial charge in [-0.15, -0.1) is 22.7 Å². The summed E-state index contributed by atoms with van der Waals surface area (Å²) in [5.41, 5.74) is 2.57. The first-order chi connectivity index (χ1) is 9.63. The minimum Gasteiger partial charge on any atom is -0.292 e. The second-order valence-corrected chi connectivity index (χ2v) is 7.79. The van der Waals surface area contributed by atoms with Crippen LogP contribution in [-0.4, -0.2) is 4.57 Å². The standard InChI is InChI=1S/C17H15NS2/c1-10-4-6-13(7-5-10)18-16-14(8-11(2)19-16)15-9-12(3)20-17(15)18/h4-9H,1-3H3. The Labute approximate surface area is 126 Å². The molecule has 1 nitrogen and oxygen atoms in total. The summed E-state index contributed by atoms with van der Waals surface area (Å²) >= 11 is 3.77. The first-order valence-electron chi connectivity index (χ1n) is 6.71. The molecular formula is C17H15NS2. The van der Waals surface area contributed by atoms with Gasteiger partial charge in [-0.25, -0.2) is 0 Å². The predicted octanol–water partition coefficient (Wildman–Crippen LogP) is 5.83. The summed E-state index contributed by atoms with van der Waals surface area (Å²) in [6.07, 6.45) is 0. The molecule has 3 heteroatoms. The number of fused-ring (bicyclic) bond motifs is 3. The van der Waals surface area contributed by atoms with E-state index in [0.717, 1.165) is 0 Å². The second kappa shape index (κ2) is 4.21. The lowest BCUT2D eigenvalue weighted by molar-refractivity contribution is 1.20. The molecule has 0 saturated carbocycles. The molecule has 0 radical (unpaired) electrons. The Hall–Kier alpha value is -1.58. The molecule has 4 rings (SSSR count). The highest BCUT2D eigenvalue weighted by Crippen LogP contribution is 2.40. The Balaban J connectivity index is 2.15. The monoisotopic (exact) mass is 297 g/mol. The molecule has 0 spiro atoms. The number of aryl methyl sites for hydroxylation is 3. The van der Waals surface area contributed by atoms with Crippen LogP contribution in [0.2, 0.25) is 0 Å². The van der Waals surface area contributed by atoms with Gasteiger partial charge < -0.3 is 0 Å². The quantitative estimate of drug-likeness (QED) is 0.416. The van der Waals surface area contributed by atoms with Crippen molar-refractivity contribution in [3.8, 4) is 5.69 Å². The zero-order valence-electron chi connectivity index (χ0n) is 11.7. The predicted molar refractivity (Wildman–Crippen MR) is 90.7 cm³/mol. The third kappa shape index (κ3) is 1.67. The summed E-state index contributed by atoms with van der Waals surface area (Å²) in [6.45, 7) is 6.51. The van der Waals surface area contributed by atoms with E-state index in [0.29, 0.717) is 0 Å². The number of hydrogen-bond donors (Lipinski definition) is 0. The van der Waals surface area contributed by atoms with Gasteiger partial charge in [0.1, 0.15) is 9.66 Å². The number of thiophene rings is 2. The molecule has 20 heavy (non-hydrogen) atoms. The van der Waals surface area contributed by atoms with Gasteiger partial charge in [-0.3, -0.25) is 4.57 Å². The van der Waals surface area contributed by atoms with Crippen LogP contribution in [0.1, 0.15) is 15.3 Å². The summed E-state index contributed by atoms with van der Waals surface area (Å²) in [4.78, 5) is 5.49. The van der Waals surface area contributed by atoms with Crippen LogP contribution in [0.3, 0.4) is 0 Å². The number of hydrogen-bond acceptors (Lipinski definition) is 2. The Kier molecular flexibility index (Phi) is 2.56. The van der Waals surface area contributed by atoms with Crippen LogP contribution in [-0.2, 0) is 0 Å². The van der Waals surface area contributed by atoms with Gasteiger partial charge in [-0.05, 0) is 45.0 Å². The van der Waals surface area contributed by atoms with Crippen molar-refractivity contribution in [1.29, 1.82) is 0 Å². The Morgan fingerprint density at radius 3 is 1.75 bits per heavy atom. The lowest BCUT2D eigenvalue weighted by Crippen LogP contribution is -1.90. The van der Waals surface area contributed by atoms with Gasteiger partial charge in [0.15, 0.2) is 0 Å². The minimum absolute atomic E-state index is 1.26. The molecule has 4 aromatic rings. The zero-order chi connectivity index (χ0) is 13.9. The normalized spacial score (nSPS) is 11.8. The van der Waals surface area contributed by atoms with E-state index in [9.17, 15) is 0 Å². The number of nitrogens with zero attached hydrogens (tertiary/aromatic N) is 1. The van der Waals surface area contributed by atoms with Gasteiger partial charge in [-0.1, -0.05) is 17.7 Å². The van der Waals surface area contributed by atoms with E-state index in [2.05, 4.69) is 61.7 Å². The van der Waals surface area contributed by atoms with E-state index in [1.807, 2.05) is 22.7 Å². The Morgan fingerprint density at radius 1 is 0.750 bits per heavy atom. The molecule has 0 atom stereocenters. The maximum absolute atomic E-state index is 2.42. The topological polar surface area (TPSA) is 4.93 Å². The van der Waals surface area contributed by atoms with Crippen molar-refractivity contribution >= 4 is 43.1 Å². The van der Waals surface area contributed by atoms with E-state index in [4.69, 9.17) is 0 Å². The molecule has 100 valence electrons. The summed E-state index contributed by atoms with van der Waals surface area (Å²) < 4.78 is 2.42. The average Bonchev–Trinajstić information content (AvgIpc) is 3.01. The van der Waals surface area contributed by atoms with Gasteiger partial charge >= 0.3 is 0 Å². The van der Waals surface area contributed by atoms with E-state index in [1.54, 1.807) is 0 Å². The van der Waals surface area contributed by atoms with Crippen molar-refractivity contribution in [2.24, 2.45) is 0 Å². The first kappa shape index (κ1) is 12.2. The number of aromatic nitrogens is 1. The lowest BCUT2D eigenvalue weighted by Gasteiger charge is -2.05. The minimum atomic E-state index is 1.26. The van der Waals surface area contributed by atoms with Gasteiger partial charge in [0.25, 0.3) is 0 Å². The fraction of sp³-hybridized carbons (Fsp3) is 0.176. The van der Waals surface area contributed by atoms with Crippen molar-refractivity contribution in [3.63, 3.8) is 0 Å². The van der Waals surface area contributed by atoms with Crippen LogP contribution in [0.15, 0.2) is 36.4 Å². The molecule has 0 amide bonds. The molecule has 0 aliphatic carbocycles. The van der Waals surface area contributed by atoms with Gasteiger partial charge in [-0.2, -0.15) is 0 Å². The molecule has 1 aromatic carbocycles. The van der Waals surface area contributed by atoms with Crippen LogP contribution >= 0.6 is 22.7 Å². The molecule has 0 aliphatic heterocycles. The van der Waals surface area contributed by atoms with Crippen LogP contribution in [0.5, 0.6) is 0 Å². The highest BCUT2D eigenvalue weighted by molar-refractivity contribution is 7.21. The maximum atomic E-state index is 2.42. The smallest absolute Gasteiger partial charge is 0.109 e. The van der Waals surface area contributed by atoms with Crippen LogP contribution in [0.4, 0.5) is 0 Å². The largest absolute Gasteiger partial charge is 0.292 e. The molecular weight excluding hydrogens is 282 g/mol. The van der Waals surface area contributed by atoms with E-state index < -0.39 is 0 Å². The molecule has 0 bridgehead atoms. The number of rotatable bonds is 1. The zero-order valence-corrected chi connectivity index (χ0v) is 13.4. The van der Waals surface area contributed by atoms with Crippen LogP contribution < -0.4 is 0 Å². The van der Waals surface area contributed by atoms with Crippen molar-refractivity contribution < 1.29 is 0 Å². The average molecular weight is 297 g/mol. The van der Waals surface area contributed by atoms with Gasteiger partial charge in [0, 0.05) is 26.2 Å². The fourth-order valence-electron chi connectivity index (χ4n) is 2.74. The lowest BCUT2D eigenvalue weighted by atomic mass is 10.2. The summed E-state index contributed by atoms with van der Waals surface area (Å²) in [7, 11) is 0. The highest BCUT2D eigenvalue weighted by atomic mass is 32.1. The fourth-order valence-corrected chi connectivity index (χ4v) is 4.90. The molecule has 0 saturated heterocycles. The summed E-state index contributed by atoms with van der Waals surface area (Å²) in [6, 6.07) is 13.5. The molecule has 0 fully saturated rings. The van der Waals surface area contributed by atoms with Crippen molar-refractivity contribution in [2.45, 2.75) is 20.8 Å². The van der Waals surface area contributed by atoms with Crippen molar-refractivity contribution in [3.05, 3.63) is 51.7 Å². The molecule has 3 aromatic heterocycles. The van der Waals surface area contributed by atoms with E-state index in [-0.39, 0.29) is 0 Å². The summed E-state index contributed by atoms with van der Waals surface area (Å²) in [5.74, 6) is 0. The second-order valence-electron chi connectivity index (χ2n) is 5.32. The third-order valence-corrected chi connectivity index (χ3v) is 5.73. The SMILES string of the molecule is Cc1ccc(-n2c3sc(C)cc3c3cc(C)sc32)cc1. The Morgan fingerprint density at radius 2 is 1.25 bits per heavy atom.